The van der Waals surface area contributed by atoms with Gasteiger partial charge in [-0.05, 0) is 23.6 Å². The molecule has 3 N–H and O–H groups in total. The predicted octanol–water partition coefficient (Wildman–Crippen LogP) is 2.27. The van der Waals surface area contributed by atoms with Gasteiger partial charge >= 0.3 is 5.97 Å². The average molecular weight is 286 g/mol. The zero-order chi connectivity index (χ0) is 14.8. The number of hydrogen-bond acceptors (Lipinski definition) is 3. The largest absolute Gasteiger partial charge is 0.506 e. The molecule has 1 aromatic rings. The highest BCUT2D eigenvalue weighted by atomic mass is 35.5. The van der Waals surface area contributed by atoms with Crippen molar-refractivity contribution in [3.05, 3.63) is 28.8 Å². The van der Waals surface area contributed by atoms with E-state index in [0.717, 1.165) is 0 Å². The van der Waals surface area contributed by atoms with Gasteiger partial charge in [-0.25, -0.2) is 4.79 Å². The Morgan fingerprint density at radius 2 is 1.89 bits per heavy atom. The molecule has 1 unspecified atom stereocenters. The number of nitrogens with one attached hydrogen (secondary N) is 1. The molecule has 0 saturated carbocycles. The summed E-state index contributed by atoms with van der Waals surface area (Å²) in [5.41, 5.74) is -0.430. The summed E-state index contributed by atoms with van der Waals surface area (Å²) in [6, 6.07) is 2.92. The third-order valence-electron chi connectivity index (χ3n) is 2.60. The molecular weight excluding hydrogens is 270 g/mol. The zero-order valence-electron chi connectivity index (χ0n) is 10.9. The van der Waals surface area contributed by atoms with Crippen molar-refractivity contribution < 1.29 is 19.8 Å². The van der Waals surface area contributed by atoms with Crippen molar-refractivity contribution in [2.24, 2.45) is 5.41 Å². The molecular formula is C13H16ClNO4. The highest BCUT2D eigenvalue weighted by Crippen LogP contribution is 2.24. The Morgan fingerprint density at radius 1 is 1.32 bits per heavy atom. The minimum atomic E-state index is -1.11. The third-order valence-corrected chi connectivity index (χ3v) is 2.90. The Labute approximate surface area is 116 Å². The van der Waals surface area contributed by atoms with Crippen LogP contribution in [0.4, 0.5) is 0 Å². The summed E-state index contributed by atoms with van der Waals surface area (Å²) in [7, 11) is 0. The van der Waals surface area contributed by atoms with Gasteiger partial charge in [-0.15, -0.1) is 0 Å². The summed E-state index contributed by atoms with van der Waals surface area (Å²) in [6.45, 7) is 5.15. The number of phenols is 1. The van der Waals surface area contributed by atoms with Crippen molar-refractivity contribution in [1.82, 2.24) is 5.32 Å². The van der Waals surface area contributed by atoms with Gasteiger partial charge in [0.2, 0.25) is 0 Å². The van der Waals surface area contributed by atoms with Crippen LogP contribution in [-0.2, 0) is 4.79 Å². The van der Waals surface area contributed by atoms with Crippen LogP contribution in [0.15, 0.2) is 18.2 Å². The second-order valence-corrected chi connectivity index (χ2v) is 5.68. The van der Waals surface area contributed by atoms with E-state index in [4.69, 9.17) is 16.7 Å². The van der Waals surface area contributed by atoms with Crippen molar-refractivity contribution in [1.29, 1.82) is 0 Å². The summed E-state index contributed by atoms with van der Waals surface area (Å²) in [4.78, 5) is 23.1. The van der Waals surface area contributed by atoms with Gasteiger partial charge in [0.25, 0.3) is 5.91 Å². The molecule has 6 heteroatoms. The molecule has 1 atom stereocenters. The van der Waals surface area contributed by atoms with Crippen LogP contribution in [0.25, 0.3) is 0 Å². The lowest BCUT2D eigenvalue weighted by atomic mass is 9.86. The minimum Gasteiger partial charge on any atom is -0.506 e. The number of rotatable bonds is 3. The second-order valence-electron chi connectivity index (χ2n) is 5.28. The molecule has 0 aromatic heterocycles. The Morgan fingerprint density at radius 3 is 2.32 bits per heavy atom. The fourth-order valence-corrected chi connectivity index (χ4v) is 1.69. The highest BCUT2D eigenvalue weighted by molar-refractivity contribution is 6.32. The van der Waals surface area contributed by atoms with Crippen molar-refractivity contribution in [2.75, 3.05) is 0 Å². The number of carbonyl (C=O) groups excluding carboxylic acids is 1. The molecule has 0 aliphatic rings. The number of carboxylic acids is 1. The molecule has 0 radical (unpaired) electrons. The Kier molecular flexibility index (Phi) is 4.42. The number of carboxylic acid groups (broad SMARTS) is 1. The van der Waals surface area contributed by atoms with Crippen LogP contribution >= 0.6 is 11.6 Å². The van der Waals surface area contributed by atoms with Crippen molar-refractivity contribution in [3.63, 3.8) is 0 Å². The lowest BCUT2D eigenvalue weighted by molar-refractivity contribution is -0.142. The number of aliphatic carboxylic acids is 1. The van der Waals surface area contributed by atoms with Gasteiger partial charge in [0.15, 0.2) is 0 Å². The molecule has 0 heterocycles. The Balaban J connectivity index is 2.94. The molecule has 104 valence electrons. The molecule has 1 rings (SSSR count). The van der Waals surface area contributed by atoms with Gasteiger partial charge in [-0.3, -0.25) is 4.79 Å². The van der Waals surface area contributed by atoms with E-state index in [-0.39, 0.29) is 16.3 Å². The monoisotopic (exact) mass is 285 g/mol. The normalized spacial score (nSPS) is 12.8. The molecule has 0 saturated heterocycles. The van der Waals surface area contributed by atoms with Gasteiger partial charge in [0, 0.05) is 5.56 Å². The molecule has 0 fully saturated rings. The van der Waals surface area contributed by atoms with Crippen molar-refractivity contribution in [2.45, 2.75) is 26.8 Å². The maximum absolute atomic E-state index is 12.0. The molecule has 0 bridgehead atoms. The molecule has 5 nitrogen and oxygen atoms in total. The van der Waals surface area contributed by atoms with Crippen LogP contribution in [0.1, 0.15) is 31.1 Å². The number of amides is 1. The maximum Gasteiger partial charge on any atom is 0.326 e. The van der Waals surface area contributed by atoms with Crippen LogP contribution in [0, 0.1) is 5.41 Å². The topological polar surface area (TPSA) is 86.6 Å². The summed E-state index contributed by atoms with van der Waals surface area (Å²) < 4.78 is 0. The zero-order valence-corrected chi connectivity index (χ0v) is 11.7. The lowest BCUT2D eigenvalue weighted by Gasteiger charge is -2.27. The number of halogens is 1. The molecule has 19 heavy (non-hydrogen) atoms. The van der Waals surface area contributed by atoms with Crippen LogP contribution < -0.4 is 5.32 Å². The molecule has 0 aliphatic carbocycles. The summed E-state index contributed by atoms with van der Waals surface area (Å²) in [6.07, 6.45) is 0. The summed E-state index contributed by atoms with van der Waals surface area (Å²) in [5, 5.41) is 20.9. The third kappa shape index (κ3) is 3.86. The van der Waals surface area contributed by atoms with E-state index in [1.807, 2.05) is 0 Å². The van der Waals surface area contributed by atoms with Gasteiger partial charge in [-0.2, -0.15) is 0 Å². The van der Waals surface area contributed by atoms with Crippen LogP contribution in [-0.4, -0.2) is 28.1 Å². The summed E-state index contributed by atoms with van der Waals surface area (Å²) in [5.74, 6) is -1.79. The Hall–Kier alpha value is -1.75. The van der Waals surface area contributed by atoms with E-state index in [0.29, 0.717) is 0 Å². The molecule has 0 aliphatic heterocycles. The maximum atomic E-state index is 12.0. The van der Waals surface area contributed by atoms with Gasteiger partial charge in [0.05, 0.1) is 5.02 Å². The minimum absolute atomic E-state index is 0.0373. The number of phenolic OH excluding ortho intramolecular Hbond substituents is 1. The van der Waals surface area contributed by atoms with E-state index < -0.39 is 23.3 Å². The second kappa shape index (κ2) is 5.48. The van der Waals surface area contributed by atoms with Crippen molar-refractivity contribution >= 4 is 23.5 Å². The van der Waals surface area contributed by atoms with E-state index in [1.54, 1.807) is 20.8 Å². The number of carbonyl (C=O) groups is 2. The first-order valence-electron chi connectivity index (χ1n) is 5.65. The van der Waals surface area contributed by atoms with Gasteiger partial charge in [0.1, 0.15) is 11.8 Å². The fraction of sp³-hybridized carbons (Fsp3) is 0.385. The lowest BCUT2D eigenvalue weighted by Crippen LogP contribution is -2.49. The standard InChI is InChI=1S/C13H16ClNO4/c1-13(2,3)10(12(18)19)15-11(17)7-4-5-9(16)8(14)6-7/h4-6,10,16H,1-3H3,(H,15,17)(H,18,19). The number of aromatic hydroxyl groups is 1. The van der Waals surface area contributed by atoms with E-state index in [1.165, 1.54) is 18.2 Å². The van der Waals surface area contributed by atoms with E-state index >= 15 is 0 Å². The van der Waals surface area contributed by atoms with Crippen LogP contribution in [0.2, 0.25) is 5.02 Å². The molecule has 1 amide bonds. The smallest absolute Gasteiger partial charge is 0.326 e. The first-order valence-corrected chi connectivity index (χ1v) is 6.03. The molecule has 1 aromatic carbocycles. The van der Waals surface area contributed by atoms with E-state index in [9.17, 15) is 14.7 Å². The summed E-state index contributed by atoms with van der Waals surface area (Å²) >= 11 is 5.70. The van der Waals surface area contributed by atoms with Crippen LogP contribution in [0.3, 0.4) is 0 Å². The highest BCUT2D eigenvalue weighted by Gasteiger charge is 2.32. The predicted molar refractivity (Wildman–Crippen MR) is 71.5 cm³/mol. The van der Waals surface area contributed by atoms with Gasteiger partial charge in [-0.1, -0.05) is 32.4 Å². The Bertz CT molecular complexity index is 508. The number of benzene rings is 1. The SMILES string of the molecule is CC(C)(C)C(NC(=O)c1ccc(O)c(Cl)c1)C(=O)O. The van der Waals surface area contributed by atoms with Crippen molar-refractivity contribution in [3.8, 4) is 5.75 Å². The van der Waals surface area contributed by atoms with Crippen LogP contribution in [0.5, 0.6) is 5.75 Å². The first-order chi connectivity index (χ1) is 8.62. The number of hydrogen-bond donors (Lipinski definition) is 3. The average Bonchev–Trinajstić information content (AvgIpc) is 2.27. The molecule has 0 spiro atoms. The van der Waals surface area contributed by atoms with Gasteiger partial charge < -0.3 is 15.5 Å². The quantitative estimate of drug-likeness (QED) is 0.795. The fourth-order valence-electron chi connectivity index (χ4n) is 1.51. The van der Waals surface area contributed by atoms with E-state index in [2.05, 4.69) is 5.32 Å². The first kappa shape index (κ1) is 15.3.